The quantitative estimate of drug-likeness (QED) is 0.621. The van der Waals surface area contributed by atoms with Gasteiger partial charge in [-0.05, 0) is 38.0 Å². The van der Waals surface area contributed by atoms with Crippen molar-refractivity contribution >= 4 is 23.0 Å². The minimum Gasteiger partial charge on any atom is -0.161 e. The standard InChI is InChI=1S/C12H16N2S/c1-15-12-8-7-11(9-13-14-12)10-5-3-2-4-6-10/h5,7-9,11H,2-4,6H2,1H3. The number of thioether (sulfide) groups is 1. The van der Waals surface area contributed by atoms with Gasteiger partial charge in [0.1, 0.15) is 5.04 Å². The van der Waals surface area contributed by atoms with Crippen LogP contribution >= 0.6 is 11.8 Å². The van der Waals surface area contributed by atoms with Crippen LogP contribution in [0.4, 0.5) is 0 Å². The molecule has 2 nitrogen and oxygen atoms in total. The van der Waals surface area contributed by atoms with Gasteiger partial charge in [0.15, 0.2) is 0 Å². The van der Waals surface area contributed by atoms with Crippen molar-refractivity contribution in [3.8, 4) is 0 Å². The van der Waals surface area contributed by atoms with Gasteiger partial charge in [-0.3, -0.25) is 0 Å². The molecule has 0 saturated heterocycles. The van der Waals surface area contributed by atoms with Crippen LogP contribution in [0.5, 0.6) is 0 Å². The lowest BCUT2D eigenvalue weighted by Crippen LogP contribution is -2.05. The summed E-state index contributed by atoms with van der Waals surface area (Å²) in [5, 5.41) is 9.23. The van der Waals surface area contributed by atoms with Crippen LogP contribution in [0.1, 0.15) is 25.7 Å². The molecule has 15 heavy (non-hydrogen) atoms. The average molecular weight is 220 g/mol. The number of hydrogen-bond acceptors (Lipinski definition) is 3. The molecule has 1 heterocycles. The Bertz CT molecular complexity index is 340. The lowest BCUT2D eigenvalue weighted by atomic mass is 9.89. The number of rotatable bonds is 1. The molecular formula is C12H16N2S. The van der Waals surface area contributed by atoms with Crippen LogP contribution in [0.25, 0.3) is 0 Å². The van der Waals surface area contributed by atoms with Gasteiger partial charge in [-0.2, -0.15) is 5.10 Å². The van der Waals surface area contributed by atoms with Crippen LogP contribution in [0.15, 0.2) is 34.0 Å². The fourth-order valence-electron chi connectivity index (χ4n) is 1.93. The first kappa shape index (κ1) is 10.7. The molecule has 0 amide bonds. The van der Waals surface area contributed by atoms with Crippen molar-refractivity contribution < 1.29 is 0 Å². The molecule has 2 rings (SSSR count). The molecule has 1 unspecified atom stereocenters. The maximum Gasteiger partial charge on any atom is 0.118 e. The molecule has 0 aromatic heterocycles. The molecule has 3 heteroatoms. The smallest absolute Gasteiger partial charge is 0.118 e. The van der Waals surface area contributed by atoms with Gasteiger partial charge in [-0.1, -0.05) is 17.7 Å². The first-order valence-electron chi connectivity index (χ1n) is 5.42. The Morgan fingerprint density at radius 2 is 2.33 bits per heavy atom. The Kier molecular flexibility index (Phi) is 3.78. The molecule has 0 N–H and O–H groups in total. The van der Waals surface area contributed by atoms with Gasteiger partial charge in [0.2, 0.25) is 0 Å². The van der Waals surface area contributed by atoms with E-state index in [4.69, 9.17) is 0 Å². The van der Waals surface area contributed by atoms with Gasteiger partial charge in [0, 0.05) is 12.1 Å². The van der Waals surface area contributed by atoms with Crippen molar-refractivity contribution in [2.45, 2.75) is 25.7 Å². The summed E-state index contributed by atoms with van der Waals surface area (Å²) in [6.45, 7) is 0. The molecular weight excluding hydrogens is 204 g/mol. The van der Waals surface area contributed by atoms with Crippen LogP contribution < -0.4 is 0 Å². The number of nitrogens with zero attached hydrogens (tertiary/aromatic N) is 2. The molecule has 1 aliphatic heterocycles. The zero-order chi connectivity index (χ0) is 10.5. The summed E-state index contributed by atoms with van der Waals surface area (Å²) in [6, 6.07) is 0. The normalized spacial score (nSPS) is 25.8. The van der Waals surface area contributed by atoms with Crippen LogP contribution in [0, 0.1) is 5.92 Å². The minimum atomic E-state index is 0.374. The summed E-state index contributed by atoms with van der Waals surface area (Å²) in [7, 11) is 0. The third kappa shape index (κ3) is 2.81. The van der Waals surface area contributed by atoms with E-state index in [0.717, 1.165) is 5.04 Å². The minimum absolute atomic E-state index is 0.374. The zero-order valence-electron chi connectivity index (χ0n) is 9.02. The van der Waals surface area contributed by atoms with E-state index in [1.165, 1.54) is 31.3 Å². The predicted octanol–water partition coefficient (Wildman–Crippen LogP) is 3.42. The topological polar surface area (TPSA) is 24.7 Å². The highest BCUT2D eigenvalue weighted by molar-refractivity contribution is 8.13. The molecule has 0 spiro atoms. The Hall–Kier alpha value is -0.830. The zero-order valence-corrected chi connectivity index (χ0v) is 9.83. The Morgan fingerprint density at radius 3 is 3.07 bits per heavy atom. The summed E-state index contributed by atoms with van der Waals surface area (Å²) < 4.78 is 0. The first-order valence-corrected chi connectivity index (χ1v) is 6.65. The van der Waals surface area contributed by atoms with E-state index in [9.17, 15) is 0 Å². The van der Waals surface area contributed by atoms with Gasteiger partial charge < -0.3 is 0 Å². The van der Waals surface area contributed by atoms with Crippen molar-refractivity contribution in [2.24, 2.45) is 16.1 Å². The lowest BCUT2D eigenvalue weighted by Gasteiger charge is -2.16. The van der Waals surface area contributed by atoms with Gasteiger partial charge in [0.25, 0.3) is 0 Å². The predicted molar refractivity (Wildman–Crippen MR) is 68.6 cm³/mol. The van der Waals surface area contributed by atoms with E-state index in [-0.39, 0.29) is 0 Å². The highest BCUT2D eigenvalue weighted by Crippen LogP contribution is 2.25. The lowest BCUT2D eigenvalue weighted by molar-refractivity contribution is 0.675. The molecule has 2 aliphatic rings. The third-order valence-electron chi connectivity index (χ3n) is 2.79. The van der Waals surface area contributed by atoms with E-state index in [1.54, 1.807) is 11.8 Å². The highest BCUT2D eigenvalue weighted by atomic mass is 32.2. The Morgan fingerprint density at radius 1 is 1.40 bits per heavy atom. The van der Waals surface area contributed by atoms with E-state index < -0.39 is 0 Å². The van der Waals surface area contributed by atoms with Crippen molar-refractivity contribution in [3.05, 3.63) is 23.8 Å². The molecule has 0 aromatic rings. The SMILES string of the molecule is CSC1=NN=CC(C2=CCCCC2)C=C1. The van der Waals surface area contributed by atoms with Crippen LogP contribution in [-0.2, 0) is 0 Å². The Balaban J connectivity index is 2.10. The van der Waals surface area contributed by atoms with Gasteiger partial charge >= 0.3 is 0 Å². The third-order valence-corrected chi connectivity index (χ3v) is 3.43. The Labute approximate surface area is 95.2 Å². The second-order valence-corrected chi connectivity index (χ2v) is 4.64. The van der Waals surface area contributed by atoms with Crippen LogP contribution in [-0.4, -0.2) is 17.5 Å². The van der Waals surface area contributed by atoms with Crippen LogP contribution in [0.2, 0.25) is 0 Å². The number of allylic oxidation sites excluding steroid dienone is 3. The molecule has 0 fully saturated rings. The molecule has 0 saturated carbocycles. The summed E-state index contributed by atoms with van der Waals surface area (Å²) in [4.78, 5) is 0. The molecule has 1 aliphatic carbocycles. The maximum absolute atomic E-state index is 4.12. The molecule has 80 valence electrons. The summed E-state index contributed by atoms with van der Waals surface area (Å²) >= 11 is 1.64. The van der Waals surface area contributed by atoms with Gasteiger partial charge in [-0.25, -0.2) is 0 Å². The van der Waals surface area contributed by atoms with Crippen LogP contribution in [0.3, 0.4) is 0 Å². The van der Waals surface area contributed by atoms with Crippen molar-refractivity contribution in [3.63, 3.8) is 0 Å². The van der Waals surface area contributed by atoms with E-state index in [1.807, 2.05) is 12.5 Å². The first-order chi connectivity index (χ1) is 7.40. The second-order valence-electron chi connectivity index (χ2n) is 3.82. The average Bonchev–Trinajstić information content (AvgIpc) is 2.55. The number of hydrogen-bond donors (Lipinski definition) is 0. The monoisotopic (exact) mass is 220 g/mol. The molecule has 0 radical (unpaired) electrons. The van der Waals surface area contributed by atoms with E-state index in [0.29, 0.717) is 5.92 Å². The fourth-order valence-corrected chi connectivity index (χ4v) is 2.27. The van der Waals surface area contributed by atoms with Crippen molar-refractivity contribution in [2.75, 3.05) is 6.26 Å². The van der Waals surface area contributed by atoms with Crippen molar-refractivity contribution in [1.29, 1.82) is 0 Å². The second kappa shape index (κ2) is 5.31. The van der Waals surface area contributed by atoms with Crippen molar-refractivity contribution in [1.82, 2.24) is 0 Å². The largest absolute Gasteiger partial charge is 0.161 e. The summed E-state index contributed by atoms with van der Waals surface area (Å²) in [5.74, 6) is 0.374. The van der Waals surface area contributed by atoms with E-state index in [2.05, 4.69) is 28.4 Å². The fraction of sp³-hybridized carbons (Fsp3) is 0.500. The highest BCUT2D eigenvalue weighted by Gasteiger charge is 2.13. The summed E-state index contributed by atoms with van der Waals surface area (Å²) in [5.41, 5.74) is 1.51. The summed E-state index contributed by atoms with van der Waals surface area (Å²) in [6.07, 6.45) is 15.7. The van der Waals surface area contributed by atoms with Gasteiger partial charge in [-0.15, -0.1) is 16.9 Å². The molecule has 0 bridgehead atoms. The maximum atomic E-state index is 4.12. The molecule has 1 atom stereocenters. The molecule has 0 aromatic carbocycles. The van der Waals surface area contributed by atoms with Gasteiger partial charge in [0.05, 0.1) is 0 Å². The van der Waals surface area contributed by atoms with E-state index >= 15 is 0 Å².